The van der Waals surface area contributed by atoms with Crippen LogP contribution in [0, 0.1) is 6.92 Å². The molecule has 0 atom stereocenters. The van der Waals surface area contributed by atoms with Crippen LogP contribution in [0.3, 0.4) is 0 Å². The number of piperazine rings is 1. The Balaban J connectivity index is 1.23. The number of aryl methyl sites for hydroxylation is 1. The van der Waals surface area contributed by atoms with Crippen molar-refractivity contribution in [1.82, 2.24) is 24.9 Å². The lowest BCUT2D eigenvalue weighted by molar-refractivity contribution is 0.0939. The molecule has 1 amide bonds. The number of hydrogen-bond donors (Lipinski definition) is 1. The second kappa shape index (κ2) is 11.0. The first-order valence-corrected chi connectivity index (χ1v) is 11.5. The summed E-state index contributed by atoms with van der Waals surface area (Å²) in [6, 6.07) is 21.5. The van der Waals surface area contributed by atoms with Crippen LogP contribution >= 0.6 is 0 Å². The summed E-state index contributed by atoms with van der Waals surface area (Å²) in [5.74, 6) is -0.419. The molecule has 2 heterocycles. The largest absolute Gasteiger partial charge is 0.350 e. The molecule has 0 bridgehead atoms. The van der Waals surface area contributed by atoms with Crippen LogP contribution in [0.4, 0.5) is 0 Å². The predicted octanol–water partition coefficient (Wildman–Crippen LogP) is 2.48. The van der Waals surface area contributed by atoms with Crippen LogP contribution in [0.1, 0.15) is 28.2 Å². The highest BCUT2D eigenvalue weighted by atomic mass is 16.2. The fourth-order valence-electron chi connectivity index (χ4n) is 4.14. The minimum absolute atomic E-state index is 0.0704. The molecule has 1 fully saturated rings. The highest BCUT2D eigenvalue weighted by Gasteiger charge is 2.18. The highest BCUT2D eigenvalue weighted by molar-refractivity contribution is 5.92. The van der Waals surface area contributed by atoms with E-state index in [9.17, 15) is 9.59 Å². The van der Waals surface area contributed by atoms with Gasteiger partial charge < -0.3 is 10.2 Å². The van der Waals surface area contributed by atoms with Gasteiger partial charge >= 0.3 is 0 Å². The zero-order valence-electron chi connectivity index (χ0n) is 19.1. The van der Waals surface area contributed by atoms with Crippen LogP contribution in [0.5, 0.6) is 0 Å². The Labute approximate surface area is 194 Å². The van der Waals surface area contributed by atoms with E-state index in [0.29, 0.717) is 12.2 Å². The van der Waals surface area contributed by atoms with E-state index in [4.69, 9.17) is 0 Å². The van der Waals surface area contributed by atoms with E-state index >= 15 is 0 Å². The molecule has 4 rings (SSSR count). The van der Waals surface area contributed by atoms with Crippen molar-refractivity contribution in [2.24, 2.45) is 0 Å². The van der Waals surface area contributed by atoms with Gasteiger partial charge in [0.2, 0.25) is 5.43 Å². The Morgan fingerprint density at radius 2 is 1.58 bits per heavy atom. The van der Waals surface area contributed by atoms with Gasteiger partial charge in [0, 0.05) is 51.0 Å². The van der Waals surface area contributed by atoms with Crippen LogP contribution < -0.4 is 10.7 Å². The SMILES string of the molecule is Cc1cc(=O)c(C(=O)NCCCN2CCN(Cc3ccccc3)CC2)nn1-c1ccccc1. The summed E-state index contributed by atoms with van der Waals surface area (Å²) >= 11 is 0. The summed E-state index contributed by atoms with van der Waals surface area (Å²) in [4.78, 5) is 29.9. The van der Waals surface area contributed by atoms with Crippen LogP contribution in [0.2, 0.25) is 0 Å². The molecule has 3 aromatic rings. The van der Waals surface area contributed by atoms with E-state index < -0.39 is 5.91 Å². The van der Waals surface area contributed by atoms with E-state index in [0.717, 1.165) is 51.4 Å². The van der Waals surface area contributed by atoms with Gasteiger partial charge in [-0.2, -0.15) is 5.10 Å². The van der Waals surface area contributed by atoms with Crippen LogP contribution in [0.25, 0.3) is 5.69 Å². The number of benzene rings is 2. The van der Waals surface area contributed by atoms with Crippen molar-refractivity contribution < 1.29 is 4.79 Å². The van der Waals surface area contributed by atoms with Crippen molar-refractivity contribution in [3.8, 4) is 5.69 Å². The molecule has 1 N–H and O–H groups in total. The first-order chi connectivity index (χ1) is 16.1. The number of carbonyl (C=O) groups is 1. The Hall–Kier alpha value is -3.29. The molecular weight excluding hydrogens is 414 g/mol. The van der Waals surface area contributed by atoms with Crippen molar-refractivity contribution in [2.75, 3.05) is 39.3 Å². The first-order valence-electron chi connectivity index (χ1n) is 11.5. The molecule has 1 aliphatic rings. The fourth-order valence-corrected chi connectivity index (χ4v) is 4.14. The van der Waals surface area contributed by atoms with Crippen molar-refractivity contribution in [3.05, 3.63) is 93.9 Å². The standard InChI is InChI=1S/C26H31N5O2/c1-21-19-24(32)25(28-31(21)23-11-6-3-7-12-23)26(33)27-13-8-14-29-15-17-30(18-16-29)20-22-9-4-2-5-10-22/h2-7,9-12,19H,8,13-18,20H2,1H3,(H,27,33). The second-order valence-corrected chi connectivity index (χ2v) is 8.46. The van der Waals surface area contributed by atoms with Gasteiger partial charge in [-0.15, -0.1) is 0 Å². The zero-order chi connectivity index (χ0) is 23.0. The molecule has 7 heteroatoms. The fraction of sp³-hybridized carbons (Fsp3) is 0.346. The van der Waals surface area contributed by atoms with Gasteiger partial charge in [0.05, 0.1) is 5.69 Å². The molecule has 1 aromatic heterocycles. The van der Waals surface area contributed by atoms with E-state index in [-0.39, 0.29) is 11.1 Å². The molecule has 0 aliphatic carbocycles. The maximum atomic E-state index is 12.6. The van der Waals surface area contributed by atoms with Crippen LogP contribution in [-0.4, -0.2) is 64.8 Å². The Morgan fingerprint density at radius 3 is 2.27 bits per heavy atom. The molecule has 0 radical (unpaired) electrons. The van der Waals surface area contributed by atoms with Gasteiger partial charge in [-0.25, -0.2) is 4.68 Å². The normalized spacial score (nSPS) is 14.8. The van der Waals surface area contributed by atoms with Crippen molar-refractivity contribution in [2.45, 2.75) is 19.9 Å². The molecule has 1 saturated heterocycles. The number of hydrogen-bond acceptors (Lipinski definition) is 5. The summed E-state index contributed by atoms with van der Waals surface area (Å²) < 4.78 is 1.63. The van der Waals surface area contributed by atoms with Crippen LogP contribution in [0.15, 0.2) is 71.5 Å². The topological polar surface area (TPSA) is 70.5 Å². The summed E-state index contributed by atoms with van der Waals surface area (Å²) in [5, 5.41) is 7.20. The molecule has 0 saturated carbocycles. The van der Waals surface area contributed by atoms with Gasteiger partial charge in [0.25, 0.3) is 5.91 Å². The quantitative estimate of drug-likeness (QED) is 0.540. The van der Waals surface area contributed by atoms with Gasteiger partial charge in [0.1, 0.15) is 0 Å². The van der Waals surface area contributed by atoms with Crippen molar-refractivity contribution in [1.29, 1.82) is 0 Å². The maximum absolute atomic E-state index is 12.6. The third kappa shape index (κ3) is 6.15. The third-order valence-electron chi connectivity index (χ3n) is 5.97. The minimum Gasteiger partial charge on any atom is -0.350 e. The summed E-state index contributed by atoms with van der Waals surface area (Å²) in [7, 11) is 0. The number of carbonyl (C=O) groups excluding carboxylic acids is 1. The molecule has 0 spiro atoms. The van der Waals surface area contributed by atoms with Gasteiger partial charge in [-0.1, -0.05) is 48.5 Å². The average Bonchev–Trinajstić information content (AvgIpc) is 2.84. The third-order valence-corrected chi connectivity index (χ3v) is 5.97. The monoisotopic (exact) mass is 445 g/mol. The summed E-state index contributed by atoms with van der Waals surface area (Å²) in [6.45, 7) is 8.40. The van der Waals surface area contributed by atoms with Crippen molar-refractivity contribution >= 4 is 5.91 Å². The van der Waals surface area contributed by atoms with E-state index in [1.54, 1.807) is 4.68 Å². The maximum Gasteiger partial charge on any atom is 0.275 e. The van der Waals surface area contributed by atoms with E-state index in [1.807, 2.05) is 43.3 Å². The predicted molar refractivity (Wildman–Crippen MR) is 130 cm³/mol. The number of nitrogens with zero attached hydrogens (tertiary/aromatic N) is 4. The lowest BCUT2D eigenvalue weighted by Gasteiger charge is -2.34. The van der Waals surface area contributed by atoms with Crippen LogP contribution in [-0.2, 0) is 6.54 Å². The minimum atomic E-state index is -0.419. The molecule has 0 unspecified atom stereocenters. The summed E-state index contributed by atoms with van der Waals surface area (Å²) in [5.41, 5.74) is 2.43. The Bertz CT molecular complexity index is 1110. The molecular formula is C26H31N5O2. The zero-order valence-corrected chi connectivity index (χ0v) is 19.1. The number of aromatic nitrogens is 2. The molecule has 33 heavy (non-hydrogen) atoms. The van der Waals surface area contributed by atoms with Gasteiger partial charge in [-0.05, 0) is 37.6 Å². The van der Waals surface area contributed by atoms with E-state index in [2.05, 4.69) is 44.5 Å². The molecule has 2 aromatic carbocycles. The molecule has 7 nitrogen and oxygen atoms in total. The smallest absolute Gasteiger partial charge is 0.275 e. The lowest BCUT2D eigenvalue weighted by Crippen LogP contribution is -2.46. The Morgan fingerprint density at radius 1 is 0.939 bits per heavy atom. The molecule has 172 valence electrons. The van der Waals surface area contributed by atoms with E-state index in [1.165, 1.54) is 11.6 Å². The number of para-hydroxylation sites is 1. The highest BCUT2D eigenvalue weighted by Crippen LogP contribution is 2.09. The Kier molecular flexibility index (Phi) is 7.65. The second-order valence-electron chi connectivity index (χ2n) is 8.46. The number of nitrogens with one attached hydrogen (secondary N) is 1. The lowest BCUT2D eigenvalue weighted by atomic mass is 10.2. The first kappa shape index (κ1) is 22.9. The van der Waals surface area contributed by atoms with Gasteiger partial charge in [-0.3, -0.25) is 14.5 Å². The number of amides is 1. The van der Waals surface area contributed by atoms with Gasteiger partial charge in [0.15, 0.2) is 5.69 Å². The molecule has 1 aliphatic heterocycles. The summed E-state index contributed by atoms with van der Waals surface area (Å²) in [6.07, 6.45) is 0.836. The van der Waals surface area contributed by atoms with Crippen molar-refractivity contribution in [3.63, 3.8) is 0 Å². The average molecular weight is 446 g/mol. The number of rotatable bonds is 8.